The number of aromatic carboxylic acids is 1. The quantitative estimate of drug-likeness (QED) is 0.463. The molecule has 20 heavy (non-hydrogen) atoms. The van der Waals surface area contributed by atoms with Gasteiger partial charge in [-0.05, 0) is 18.2 Å². The van der Waals surface area contributed by atoms with E-state index in [1.807, 2.05) is 4.72 Å². The van der Waals surface area contributed by atoms with Crippen LogP contribution in [0.2, 0.25) is 0 Å². The lowest BCUT2D eigenvalue weighted by molar-refractivity contribution is 0.0692. The number of carboxylic acid groups (broad SMARTS) is 1. The minimum Gasteiger partial charge on any atom is -0.478 e. The number of carbonyl (C=O) groups is 1. The Morgan fingerprint density at radius 1 is 1.25 bits per heavy atom. The average molecular weight is 323 g/mol. The zero-order chi connectivity index (χ0) is 15.6. The molecule has 0 aliphatic rings. The van der Waals surface area contributed by atoms with Crippen molar-refractivity contribution in [1.29, 1.82) is 0 Å². The second-order valence-electron chi connectivity index (χ2n) is 3.83. The fourth-order valence-corrected chi connectivity index (χ4v) is 3.07. The monoisotopic (exact) mass is 323 g/mol. The van der Waals surface area contributed by atoms with E-state index in [0.717, 1.165) is 12.1 Å². The maximum absolute atomic E-state index is 11.9. The van der Waals surface area contributed by atoms with Crippen molar-refractivity contribution in [2.75, 3.05) is 18.0 Å². The normalized spacial score (nSPS) is 12.2. The molecule has 0 spiro atoms. The first-order valence-electron chi connectivity index (χ1n) is 5.16. The zero-order valence-electron chi connectivity index (χ0n) is 10.1. The molecule has 0 saturated carbocycles. The van der Waals surface area contributed by atoms with E-state index >= 15 is 0 Å². The van der Waals surface area contributed by atoms with Gasteiger partial charge in [0.2, 0.25) is 20.0 Å². The number of nitrogens with two attached hydrogens (primary N) is 2. The minimum atomic E-state index is -4.18. The van der Waals surface area contributed by atoms with E-state index < -0.39 is 48.8 Å². The Morgan fingerprint density at radius 3 is 2.35 bits per heavy atom. The van der Waals surface area contributed by atoms with Gasteiger partial charge >= 0.3 is 5.97 Å². The molecule has 0 heterocycles. The number of anilines is 1. The van der Waals surface area contributed by atoms with Crippen LogP contribution in [0.5, 0.6) is 0 Å². The van der Waals surface area contributed by atoms with Crippen molar-refractivity contribution in [3.05, 3.63) is 23.8 Å². The lowest BCUT2D eigenvalue weighted by atomic mass is 10.2. The highest BCUT2D eigenvalue weighted by molar-refractivity contribution is 7.90. The summed E-state index contributed by atoms with van der Waals surface area (Å²) < 4.78 is 47.2. The molecule has 0 unspecified atom stereocenters. The summed E-state index contributed by atoms with van der Waals surface area (Å²) in [4.78, 5) is 10.5. The molecular formula is C9H13N3O6S2. The maximum atomic E-state index is 11.9. The first kappa shape index (κ1) is 16.4. The molecule has 1 aromatic carbocycles. The number of benzene rings is 1. The zero-order valence-corrected chi connectivity index (χ0v) is 11.7. The number of rotatable bonds is 6. The number of nitrogens with one attached hydrogen (secondary N) is 1. The van der Waals surface area contributed by atoms with Gasteiger partial charge in [0.25, 0.3) is 0 Å². The molecular weight excluding hydrogens is 310 g/mol. The van der Waals surface area contributed by atoms with Crippen LogP contribution < -0.4 is 15.6 Å². The highest BCUT2D eigenvalue weighted by Crippen LogP contribution is 2.18. The molecule has 0 saturated heterocycles. The van der Waals surface area contributed by atoms with Crippen LogP contribution >= 0.6 is 0 Å². The van der Waals surface area contributed by atoms with Gasteiger partial charge in [-0.2, -0.15) is 0 Å². The van der Waals surface area contributed by atoms with Crippen LogP contribution in [0.25, 0.3) is 0 Å². The molecule has 0 atom stereocenters. The van der Waals surface area contributed by atoms with Gasteiger partial charge in [0.15, 0.2) is 0 Å². The molecule has 0 aromatic heterocycles. The minimum absolute atomic E-state index is 0.0888. The van der Waals surface area contributed by atoms with Crippen molar-refractivity contribution in [2.45, 2.75) is 4.90 Å². The summed E-state index contributed by atoms with van der Waals surface area (Å²) in [7, 11) is -8.01. The Morgan fingerprint density at radius 2 is 1.85 bits per heavy atom. The van der Waals surface area contributed by atoms with Crippen LogP contribution in [0.4, 0.5) is 5.69 Å². The van der Waals surface area contributed by atoms with E-state index in [-0.39, 0.29) is 5.69 Å². The molecule has 11 heteroatoms. The van der Waals surface area contributed by atoms with E-state index in [0.29, 0.717) is 0 Å². The Kier molecular flexibility index (Phi) is 4.70. The predicted octanol–water partition coefficient (Wildman–Crippen LogP) is -1.47. The van der Waals surface area contributed by atoms with Gasteiger partial charge in [-0.3, -0.25) is 0 Å². The Bertz CT molecular complexity index is 726. The summed E-state index contributed by atoms with van der Waals surface area (Å²) in [5.41, 5.74) is 4.97. The number of nitrogen functional groups attached to an aromatic ring is 1. The lowest BCUT2D eigenvalue weighted by Gasteiger charge is -2.09. The summed E-state index contributed by atoms with van der Waals surface area (Å²) in [6.07, 6.45) is 0. The van der Waals surface area contributed by atoms with Gasteiger partial charge in [-0.1, -0.05) is 0 Å². The Hall–Kier alpha value is -1.69. The maximum Gasteiger partial charge on any atom is 0.337 e. The predicted molar refractivity (Wildman–Crippen MR) is 71.0 cm³/mol. The summed E-state index contributed by atoms with van der Waals surface area (Å²) in [6.45, 7) is -0.468. The van der Waals surface area contributed by atoms with Crippen molar-refractivity contribution >= 4 is 31.7 Å². The molecule has 0 aliphatic carbocycles. The molecule has 0 bridgehead atoms. The average Bonchev–Trinajstić information content (AvgIpc) is 2.26. The molecule has 9 nitrogen and oxygen atoms in total. The molecule has 0 radical (unpaired) electrons. The number of primary sulfonamides is 1. The van der Waals surface area contributed by atoms with E-state index in [9.17, 15) is 21.6 Å². The van der Waals surface area contributed by atoms with Crippen LogP contribution in [0, 0.1) is 0 Å². The molecule has 0 amide bonds. The van der Waals surface area contributed by atoms with Crippen LogP contribution in [-0.2, 0) is 20.0 Å². The molecule has 1 rings (SSSR count). The Labute approximate surface area is 115 Å². The molecule has 112 valence electrons. The SMILES string of the molecule is Nc1ccc(S(=O)(=O)NCCS(N)(=O)=O)c(C(=O)O)c1. The molecule has 1 aromatic rings. The first-order chi connectivity index (χ1) is 9.03. The number of carboxylic acids is 1. The van der Waals surface area contributed by atoms with Gasteiger partial charge in [0.05, 0.1) is 16.2 Å². The van der Waals surface area contributed by atoms with Crippen molar-refractivity contribution in [3.63, 3.8) is 0 Å². The highest BCUT2D eigenvalue weighted by Gasteiger charge is 2.22. The van der Waals surface area contributed by atoms with Gasteiger partial charge < -0.3 is 10.8 Å². The van der Waals surface area contributed by atoms with Crippen molar-refractivity contribution in [3.8, 4) is 0 Å². The van der Waals surface area contributed by atoms with E-state index in [4.69, 9.17) is 16.0 Å². The number of sulfonamides is 2. The largest absolute Gasteiger partial charge is 0.478 e. The van der Waals surface area contributed by atoms with Gasteiger partial charge in [0, 0.05) is 12.2 Å². The lowest BCUT2D eigenvalue weighted by Crippen LogP contribution is -2.32. The van der Waals surface area contributed by atoms with E-state index in [1.165, 1.54) is 6.07 Å². The third-order valence-corrected chi connectivity index (χ3v) is 4.49. The second-order valence-corrected chi connectivity index (χ2v) is 7.29. The third-order valence-electron chi connectivity index (χ3n) is 2.20. The topological polar surface area (TPSA) is 170 Å². The molecule has 6 N–H and O–H groups in total. The first-order valence-corrected chi connectivity index (χ1v) is 8.36. The van der Waals surface area contributed by atoms with Crippen LogP contribution in [0.15, 0.2) is 23.1 Å². The standard InChI is InChI=1S/C9H13N3O6S2/c10-6-1-2-8(7(5-6)9(13)14)20(17,18)12-3-4-19(11,15)16/h1-2,5,12H,3-4,10H2,(H,13,14)(H2,11,15,16). The van der Waals surface area contributed by atoms with Gasteiger partial charge in [-0.15, -0.1) is 0 Å². The fourth-order valence-electron chi connectivity index (χ4n) is 1.35. The van der Waals surface area contributed by atoms with E-state index in [2.05, 4.69) is 0 Å². The van der Waals surface area contributed by atoms with Crippen molar-refractivity contribution in [2.24, 2.45) is 5.14 Å². The van der Waals surface area contributed by atoms with Crippen molar-refractivity contribution < 1.29 is 26.7 Å². The van der Waals surface area contributed by atoms with Crippen LogP contribution in [-0.4, -0.2) is 40.2 Å². The van der Waals surface area contributed by atoms with Crippen LogP contribution in [0.3, 0.4) is 0 Å². The Balaban J connectivity index is 3.07. The van der Waals surface area contributed by atoms with Crippen LogP contribution in [0.1, 0.15) is 10.4 Å². The second kappa shape index (κ2) is 5.75. The van der Waals surface area contributed by atoms with Crippen molar-refractivity contribution in [1.82, 2.24) is 4.72 Å². The van der Waals surface area contributed by atoms with E-state index in [1.54, 1.807) is 0 Å². The molecule has 0 fully saturated rings. The third kappa shape index (κ3) is 4.45. The van der Waals surface area contributed by atoms with Gasteiger partial charge in [-0.25, -0.2) is 31.5 Å². The fraction of sp³-hybridized carbons (Fsp3) is 0.222. The smallest absolute Gasteiger partial charge is 0.337 e. The summed E-state index contributed by atoms with van der Waals surface area (Å²) in [5, 5.41) is 13.7. The summed E-state index contributed by atoms with van der Waals surface area (Å²) in [6, 6.07) is 3.25. The summed E-state index contributed by atoms with van der Waals surface area (Å²) in [5.74, 6) is -2.08. The van der Waals surface area contributed by atoms with Gasteiger partial charge in [0.1, 0.15) is 0 Å². The number of hydrogen-bond acceptors (Lipinski definition) is 6. The highest BCUT2D eigenvalue weighted by atomic mass is 32.2. The molecule has 0 aliphatic heterocycles. The number of hydrogen-bond donors (Lipinski definition) is 4. The summed E-state index contributed by atoms with van der Waals surface area (Å²) >= 11 is 0.